The van der Waals surface area contributed by atoms with Crippen molar-refractivity contribution in [1.82, 2.24) is 4.98 Å². The number of pyridine rings is 1. The molecule has 0 N–H and O–H groups in total. The van der Waals surface area contributed by atoms with Crippen LogP contribution in [0.2, 0.25) is 0 Å². The summed E-state index contributed by atoms with van der Waals surface area (Å²) in [6.45, 7) is 1.97. The topological polar surface area (TPSA) is 30.0 Å². The highest BCUT2D eigenvalue weighted by Crippen LogP contribution is 2.17. The average molecular weight is 217 g/mol. The molecule has 15 heavy (non-hydrogen) atoms. The summed E-state index contributed by atoms with van der Waals surface area (Å²) in [5.74, 6) is 0.176. The molecule has 2 nitrogen and oxygen atoms in total. The fraction of sp³-hybridized carbons (Fsp3) is 0.167. The predicted octanol–water partition coefficient (Wildman–Crippen LogP) is 2.88. The lowest BCUT2D eigenvalue weighted by Gasteiger charge is -1.99. The molecule has 0 spiro atoms. The molecule has 2 aromatic rings. The van der Waals surface area contributed by atoms with E-state index < -0.39 is 0 Å². The third-order valence-electron chi connectivity index (χ3n) is 2.20. The summed E-state index contributed by atoms with van der Waals surface area (Å²) < 4.78 is 0. The highest BCUT2D eigenvalue weighted by molar-refractivity contribution is 7.12. The van der Waals surface area contributed by atoms with Gasteiger partial charge in [0.15, 0.2) is 5.78 Å². The zero-order valence-electron chi connectivity index (χ0n) is 8.43. The minimum atomic E-state index is 0.176. The maximum atomic E-state index is 11.9. The van der Waals surface area contributed by atoms with Gasteiger partial charge in [-0.2, -0.15) is 0 Å². The van der Waals surface area contributed by atoms with E-state index in [4.69, 9.17) is 0 Å². The van der Waals surface area contributed by atoms with Crippen LogP contribution >= 0.6 is 11.3 Å². The summed E-state index contributed by atoms with van der Waals surface area (Å²) in [5, 5.41) is 1.95. The van der Waals surface area contributed by atoms with Gasteiger partial charge < -0.3 is 0 Å². The van der Waals surface area contributed by atoms with E-state index in [-0.39, 0.29) is 5.78 Å². The number of ketones is 1. The van der Waals surface area contributed by atoms with Crippen molar-refractivity contribution in [1.29, 1.82) is 0 Å². The van der Waals surface area contributed by atoms with E-state index in [9.17, 15) is 4.79 Å². The SMILES string of the molecule is Cc1ccsc1C(=O)Cc1cccnc1. The monoisotopic (exact) mass is 217 g/mol. The first-order valence-electron chi connectivity index (χ1n) is 4.73. The lowest BCUT2D eigenvalue weighted by Crippen LogP contribution is -2.02. The smallest absolute Gasteiger partial charge is 0.177 e. The number of carbonyl (C=O) groups is 1. The molecule has 0 aliphatic rings. The first kappa shape index (κ1) is 10.1. The Bertz CT molecular complexity index is 461. The van der Waals surface area contributed by atoms with Crippen LogP contribution < -0.4 is 0 Å². The zero-order chi connectivity index (χ0) is 10.7. The molecule has 0 saturated heterocycles. The van der Waals surface area contributed by atoms with E-state index in [1.807, 2.05) is 30.5 Å². The minimum absolute atomic E-state index is 0.176. The molecule has 0 radical (unpaired) electrons. The largest absolute Gasteiger partial charge is 0.293 e. The molecule has 0 saturated carbocycles. The van der Waals surface area contributed by atoms with Gasteiger partial charge in [0.1, 0.15) is 0 Å². The van der Waals surface area contributed by atoms with E-state index in [0.717, 1.165) is 16.0 Å². The summed E-state index contributed by atoms with van der Waals surface area (Å²) >= 11 is 1.51. The summed E-state index contributed by atoms with van der Waals surface area (Å²) in [5.41, 5.74) is 2.03. The van der Waals surface area contributed by atoms with Gasteiger partial charge in [-0.05, 0) is 35.6 Å². The maximum Gasteiger partial charge on any atom is 0.177 e. The predicted molar refractivity (Wildman–Crippen MR) is 61.3 cm³/mol. The molecule has 0 unspecified atom stereocenters. The molecule has 0 aromatic carbocycles. The van der Waals surface area contributed by atoms with Crippen molar-refractivity contribution in [3.63, 3.8) is 0 Å². The molecule has 2 aromatic heterocycles. The first-order valence-corrected chi connectivity index (χ1v) is 5.61. The Hall–Kier alpha value is -1.48. The van der Waals surface area contributed by atoms with Crippen LogP contribution in [0.3, 0.4) is 0 Å². The molecule has 0 aliphatic carbocycles. The average Bonchev–Trinajstić information content (AvgIpc) is 2.66. The lowest BCUT2D eigenvalue weighted by atomic mass is 10.1. The summed E-state index contributed by atoms with van der Waals surface area (Å²) in [6, 6.07) is 5.75. The highest BCUT2D eigenvalue weighted by atomic mass is 32.1. The molecular formula is C12H11NOS. The second-order valence-corrected chi connectivity index (χ2v) is 4.31. The Kier molecular flexibility index (Phi) is 2.92. The zero-order valence-corrected chi connectivity index (χ0v) is 9.25. The van der Waals surface area contributed by atoms with Crippen LogP contribution in [0.1, 0.15) is 20.8 Å². The summed E-state index contributed by atoms with van der Waals surface area (Å²) in [4.78, 5) is 16.7. The Morgan fingerprint density at radius 1 is 1.47 bits per heavy atom. The van der Waals surface area contributed by atoms with Crippen molar-refractivity contribution in [2.45, 2.75) is 13.3 Å². The highest BCUT2D eigenvalue weighted by Gasteiger charge is 2.10. The van der Waals surface area contributed by atoms with Gasteiger partial charge in [-0.25, -0.2) is 0 Å². The first-order chi connectivity index (χ1) is 7.27. The molecule has 0 fully saturated rings. The van der Waals surface area contributed by atoms with Crippen molar-refractivity contribution in [2.24, 2.45) is 0 Å². The van der Waals surface area contributed by atoms with Crippen LogP contribution in [-0.4, -0.2) is 10.8 Å². The lowest BCUT2D eigenvalue weighted by molar-refractivity contribution is 0.0996. The van der Waals surface area contributed by atoms with E-state index in [1.165, 1.54) is 11.3 Å². The number of aromatic nitrogens is 1. The number of aryl methyl sites for hydroxylation is 1. The standard InChI is InChI=1S/C12H11NOS/c1-9-4-6-15-12(9)11(14)7-10-3-2-5-13-8-10/h2-6,8H,7H2,1H3. The van der Waals surface area contributed by atoms with E-state index >= 15 is 0 Å². The van der Waals surface area contributed by atoms with Crippen LogP contribution in [0.15, 0.2) is 36.0 Å². The fourth-order valence-corrected chi connectivity index (χ4v) is 2.29. The van der Waals surface area contributed by atoms with E-state index in [0.29, 0.717) is 6.42 Å². The van der Waals surface area contributed by atoms with Gasteiger partial charge in [-0.15, -0.1) is 11.3 Å². The molecule has 0 bridgehead atoms. The van der Waals surface area contributed by atoms with Gasteiger partial charge in [-0.3, -0.25) is 9.78 Å². The summed E-state index contributed by atoms with van der Waals surface area (Å²) in [6.07, 6.45) is 3.89. The maximum absolute atomic E-state index is 11.9. The van der Waals surface area contributed by atoms with Gasteiger partial charge in [0, 0.05) is 18.8 Å². The number of thiophene rings is 1. The normalized spacial score (nSPS) is 10.2. The number of Topliss-reactive ketones (excluding diaryl/α,β-unsaturated/α-hetero) is 1. The fourth-order valence-electron chi connectivity index (χ4n) is 1.43. The number of hydrogen-bond donors (Lipinski definition) is 0. The number of hydrogen-bond acceptors (Lipinski definition) is 3. The molecule has 2 heterocycles. The molecule has 3 heteroatoms. The summed E-state index contributed by atoms with van der Waals surface area (Å²) in [7, 11) is 0. The molecule has 2 rings (SSSR count). The minimum Gasteiger partial charge on any atom is -0.293 e. The Morgan fingerprint density at radius 2 is 2.33 bits per heavy atom. The second kappa shape index (κ2) is 4.36. The van der Waals surface area contributed by atoms with Crippen LogP contribution in [-0.2, 0) is 6.42 Å². The van der Waals surface area contributed by atoms with Crippen LogP contribution in [0.5, 0.6) is 0 Å². The van der Waals surface area contributed by atoms with Gasteiger partial charge in [-0.1, -0.05) is 6.07 Å². The molecular weight excluding hydrogens is 206 g/mol. The number of rotatable bonds is 3. The van der Waals surface area contributed by atoms with E-state index in [1.54, 1.807) is 12.4 Å². The Labute approximate surface area is 92.6 Å². The van der Waals surface area contributed by atoms with Gasteiger partial charge in [0.2, 0.25) is 0 Å². The second-order valence-electron chi connectivity index (χ2n) is 3.39. The Morgan fingerprint density at radius 3 is 2.93 bits per heavy atom. The van der Waals surface area contributed by atoms with Crippen LogP contribution in [0.25, 0.3) is 0 Å². The van der Waals surface area contributed by atoms with Crippen molar-refractivity contribution in [3.8, 4) is 0 Å². The van der Waals surface area contributed by atoms with Crippen molar-refractivity contribution < 1.29 is 4.79 Å². The van der Waals surface area contributed by atoms with Gasteiger partial charge in [0.05, 0.1) is 4.88 Å². The van der Waals surface area contributed by atoms with E-state index in [2.05, 4.69) is 4.98 Å². The Balaban J connectivity index is 2.15. The quantitative estimate of drug-likeness (QED) is 0.740. The van der Waals surface area contributed by atoms with Crippen molar-refractivity contribution >= 4 is 17.1 Å². The molecule has 0 aliphatic heterocycles. The number of nitrogens with zero attached hydrogens (tertiary/aromatic N) is 1. The van der Waals surface area contributed by atoms with Crippen molar-refractivity contribution in [2.75, 3.05) is 0 Å². The van der Waals surface area contributed by atoms with Gasteiger partial charge >= 0.3 is 0 Å². The number of carbonyl (C=O) groups excluding carboxylic acids is 1. The van der Waals surface area contributed by atoms with Gasteiger partial charge in [0.25, 0.3) is 0 Å². The third kappa shape index (κ3) is 2.30. The molecule has 76 valence electrons. The van der Waals surface area contributed by atoms with Crippen LogP contribution in [0.4, 0.5) is 0 Å². The van der Waals surface area contributed by atoms with Crippen LogP contribution in [0, 0.1) is 6.92 Å². The van der Waals surface area contributed by atoms with Crippen molar-refractivity contribution in [3.05, 3.63) is 52.0 Å². The molecule has 0 atom stereocenters. The molecule has 0 amide bonds. The third-order valence-corrected chi connectivity index (χ3v) is 3.26.